The van der Waals surface area contributed by atoms with E-state index in [1.807, 2.05) is 0 Å². The SMILES string of the molecule is COCC(CCO)NCc1cc(C)n(C)c1C. The van der Waals surface area contributed by atoms with Crippen LogP contribution in [0.5, 0.6) is 0 Å². The van der Waals surface area contributed by atoms with E-state index in [2.05, 4.69) is 36.8 Å². The second-order valence-electron chi connectivity index (χ2n) is 4.50. The highest BCUT2D eigenvalue weighted by Crippen LogP contribution is 2.13. The van der Waals surface area contributed by atoms with Gasteiger partial charge in [0.05, 0.1) is 6.61 Å². The van der Waals surface area contributed by atoms with Crippen molar-refractivity contribution in [2.24, 2.45) is 7.05 Å². The summed E-state index contributed by atoms with van der Waals surface area (Å²) in [6, 6.07) is 2.41. The Hall–Kier alpha value is -0.840. The van der Waals surface area contributed by atoms with E-state index in [0.717, 1.165) is 13.0 Å². The predicted molar refractivity (Wildman–Crippen MR) is 69.1 cm³/mol. The topological polar surface area (TPSA) is 46.4 Å². The lowest BCUT2D eigenvalue weighted by Crippen LogP contribution is -2.33. The predicted octanol–water partition coefficient (Wildman–Crippen LogP) is 1.13. The van der Waals surface area contributed by atoms with Gasteiger partial charge in [-0.15, -0.1) is 0 Å². The van der Waals surface area contributed by atoms with Crippen LogP contribution in [0.2, 0.25) is 0 Å². The summed E-state index contributed by atoms with van der Waals surface area (Å²) in [5.41, 5.74) is 3.86. The van der Waals surface area contributed by atoms with Crippen LogP contribution in [0.15, 0.2) is 6.07 Å². The minimum atomic E-state index is 0.188. The van der Waals surface area contributed by atoms with Crippen LogP contribution >= 0.6 is 0 Å². The standard InChI is InChI=1S/C13H24N2O2/c1-10-7-12(11(2)15(10)3)8-14-13(5-6-16)9-17-4/h7,13-14,16H,5-6,8-9H2,1-4H3. The number of aryl methyl sites for hydroxylation is 1. The molecule has 4 heteroatoms. The molecule has 17 heavy (non-hydrogen) atoms. The number of methoxy groups -OCH3 is 1. The van der Waals surface area contributed by atoms with Crippen molar-refractivity contribution >= 4 is 0 Å². The Labute approximate surface area is 104 Å². The van der Waals surface area contributed by atoms with Crippen LogP contribution in [0.3, 0.4) is 0 Å². The first kappa shape index (κ1) is 14.2. The molecule has 0 spiro atoms. The lowest BCUT2D eigenvalue weighted by Gasteiger charge is -2.16. The molecule has 0 fully saturated rings. The Morgan fingerprint density at radius 2 is 2.18 bits per heavy atom. The highest BCUT2D eigenvalue weighted by molar-refractivity contribution is 5.26. The van der Waals surface area contributed by atoms with Crippen molar-refractivity contribution in [2.45, 2.75) is 32.9 Å². The van der Waals surface area contributed by atoms with Crippen LogP contribution < -0.4 is 5.32 Å². The van der Waals surface area contributed by atoms with Crippen molar-refractivity contribution < 1.29 is 9.84 Å². The van der Waals surface area contributed by atoms with Gasteiger partial charge in [0, 0.05) is 44.7 Å². The lowest BCUT2D eigenvalue weighted by atomic mass is 10.2. The van der Waals surface area contributed by atoms with Gasteiger partial charge in [-0.25, -0.2) is 0 Å². The summed E-state index contributed by atoms with van der Waals surface area (Å²) in [7, 11) is 3.76. The lowest BCUT2D eigenvalue weighted by molar-refractivity contribution is 0.148. The zero-order chi connectivity index (χ0) is 12.8. The van der Waals surface area contributed by atoms with E-state index in [9.17, 15) is 0 Å². The number of aliphatic hydroxyl groups excluding tert-OH is 1. The summed E-state index contributed by atoms with van der Waals surface area (Å²) >= 11 is 0. The van der Waals surface area contributed by atoms with Crippen molar-refractivity contribution in [3.8, 4) is 0 Å². The molecule has 0 amide bonds. The highest BCUT2D eigenvalue weighted by Gasteiger charge is 2.10. The number of hydrogen-bond acceptors (Lipinski definition) is 3. The number of ether oxygens (including phenoxy) is 1. The van der Waals surface area contributed by atoms with E-state index in [-0.39, 0.29) is 12.6 Å². The molecule has 0 bridgehead atoms. The molecule has 1 rings (SSSR count). The fourth-order valence-electron chi connectivity index (χ4n) is 1.97. The first-order valence-electron chi connectivity index (χ1n) is 6.05. The summed E-state index contributed by atoms with van der Waals surface area (Å²) in [5.74, 6) is 0. The first-order valence-corrected chi connectivity index (χ1v) is 6.05. The highest BCUT2D eigenvalue weighted by atomic mass is 16.5. The van der Waals surface area contributed by atoms with Gasteiger partial charge in [0.2, 0.25) is 0 Å². The van der Waals surface area contributed by atoms with Gasteiger partial charge < -0.3 is 19.7 Å². The molecule has 0 saturated carbocycles. The smallest absolute Gasteiger partial charge is 0.0616 e. The fourth-order valence-corrected chi connectivity index (χ4v) is 1.97. The average Bonchev–Trinajstić information content (AvgIpc) is 2.54. The largest absolute Gasteiger partial charge is 0.396 e. The maximum Gasteiger partial charge on any atom is 0.0616 e. The Balaban J connectivity index is 2.55. The van der Waals surface area contributed by atoms with E-state index in [0.29, 0.717) is 6.61 Å². The molecule has 0 aliphatic rings. The molecule has 1 heterocycles. The van der Waals surface area contributed by atoms with Crippen molar-refractivity contribution in [1.82, 2.24) is 9.88 Å². The molecule has 1 atom stereocenters. The number of nitrogens with zero attached hydrogens (tertiary/aromatic N) is 1. The van der Waals surface area contributed by atoms with Gasteiger partial charge in [-0.05, 0) is 31.9 Å². The second kappa shape index (κ2) is 6.79. The van der Waals surface area contributed by atoms with Gasteiger partial charge in [0.15, 0.2) is 0 Å². The number of nitrogens with one attached hydrogen (secondary N) is 1. The third-order valence-electron chi connectivity index (χ3n) is 3.31. The van der Waals surface area contributed by atoms with Gasteiger partial charge in [0.25, 0.3) is 0 Å². The quantitative estimate of drug-likeness (QED) is 0.751. The summed E-state index contributed by atoms with van der Waals surface area (Å²) in [4.78, 5) is 0. The summed E-state index contributed by atoms with van der Waals surface area (Å²) < 4.78 is 7.31. The monoisotopic (exact) mass is 240 g/mol. The van der Waals surface area contributed by atoms with Gasteiger partial charge in [-0.3, -0.25) is 0 Å². The van der Waals surface area contributed by atoms with Crippen molar-refractivity contribution in [3.63, 3.8) is 0 Å². The zero-order valence-electron chi connectivity index (χ0n) is 11.3. The molecular formula is C13H24N2O2. The Morgan fingerprint density at radius 1 is 1.47 bits per heavy atom. The third kappa shape index (κ3) is 3.84. The number of aliphatic hydroxyl groups is 1. The normalized spacial score (nSPS) is 13.0. The number of rotatable bonds is 7. The van der Waals surface area contributed by atoms with E-state index >= 15 is 0 Å². The van der Waals surface area contributed by atoms with Crippen LogP contribution in [-0.2, 0) is 18.3 Å². The van der Waals surface area contributed by atoms with E-state index in [1.54, 1.807) is 7.11 Å². The number of aromatic nitrogens is 1. The fraction of sp³-hybridized carbons (Fsp3) is 0.692. The summed E-state index contributed by atoms with van der Waals surface area (Å²) in [6.45, 7) is 5.87. The minimum absolute atomic E-state index is 0.188. The zero-order valence-corrected chi connectivity index (χ0v) is 11.3. The maximum atomic E-state index is 8.96. The maximum absolute atomic E-state index is 8.96. The van der Waals surface area contributed by atoms with E-state index in [1.165, 1.54) is 17.0 Å². The Bertz CT molecular complexity index is 341. The van der Waals surface area contributed by atoms with Crippen molar-refractivity contribution in [3.05, 3.63) is 23.0 Å². The van der Waals surface area contributed by atoms with Crippen LogP contribution in [0.1, 0.15) is 23.4 Å². The molecule has 1 unspecified atom stereocenters. The van der Waals surface area contributed by atoms with Crippen LogP contribution in [0, 0.1) is 13.8 Å². The molecule has 0 aliphatic heterocycles. The molecule has 98 valence electrons. The molecular weight excluding hydrogens is 216 g/mol. The molecule has 1 aromatic heterocycles. The number of hydrogen-bond donors (Lipinski definition) is 2. The Morgan fingerprint density at radius 3 is 2.65 bits per heavy atom. The molecule has 1 aromatic rings. The van der Waals surface area contributed by atoms with Gasteiger partial charge in [-0.1, -0.05) is 0 Å². The molecule has 0 aromatic carbocycles. The first-order chi connectivity index (χ1) is 8.10. The van der Waals surface area contributed by atoms with Gasteiger partial charge >= 0.3 is 0 Å². The summed E-state index contributed by atoms with van der Waals surface area (Å²) in [6.07, 6.45) is 0.721. The second-order valence-corrected chi connectivity index (χ2v) is 4.50. The van der Waals surface area contributed by atoms with Crippen LogP contribution in [-0.4, -0.2) is 36.0 Å². The van der Waals surface area contributed by atoms with Crippen LogP contribution in [0.4, 0.5) is 0 Å². The van der Waals surface area contributed by atoms with Gasteiger partial charge in [0.1, 0.15) is 0 Å². The average molecular weight is 240 g/mol. The van der Waals surface area contributed by atoms with E-state index in [4.69, 9.17) is 9.84 Å². The molecule has 4 nitrogen and oxygen atoms in total. The Kier molecular flexibility index (Phi) is 5.68. The molecule has 0 radical (unpaired) electrons. The molecule has 0 aliphatic carbocycles. The molecule has 2 N–H and O–H groups in total. The molecule has 0 saturated heterocycles. The third-order valence-corrected chi connectivity index (χ3v) is 3.31. The minimum Gasteiger partial charge on any atom is -0.396 e. The van der Waals surface area contributed by atoms with Gasteiger partial charge in [-0.2, -0.15) is 0 Å². The van der Waals surface area contributed by atoms with E-state index < -0.39 is 0 Å². The van der Waals surface area contributed by atoms with Crippen LogP contribution in [0.25, 0.3) is 0 Å². The summed E-state index contributed by atoms with van der Waals surface area (Å²) in [5, 5.41) is 12.4. The van der Waals surface area contributed by atoms with Crippen molar-refractivity contribution in [2.75, 3.05) is 20.3 Å². The van der Waals surface area contributed by atoms with Crippen molar-refractivity contribution in [1.29, 1.82) is 0 Å².